The molecule has 0 heterocycles. The van der Waals surface area contributed by atoms with E-state index in [9.17, 15) is 14.7 Å². The summed E-state index contributed by atoms with van der Waals surface area (Å²) < 4.78 is 0. The number of carboxylic acid groups (broad SMARTS) is 1. The number of aliphatic carboxylic acids is 1. The van der Waals surface area contributed by atoms with Crippen molar-refractivity contribution in [2.45, 2.75) is 26.3 Å². The van der Waals surface area contributed by atoms with Gasteiger partial charge >= 0.3 is 5.97 Å². The monoisotopic (exact) mass is 303 g/mol. The molecule has 104 valence electrons. The fourth-order valence-corrected chi connectivity index (χ4v) is 2.15. The maximum absolute atomic E-state index is 11.6. The molecule has 4 nitrogen and oxygen atoms in total. The number of carbonyl (C=O) groups is 2. The first-order chi connectivity index (χ1) is 8.88. The van der Waals surface area contributed by atoms with Crippen LogP contribution in [0.5, 0.6) is 0 Å². The third-order valence-electron chi connectivity index (χ3n) is 2.67. The van der Waals surface area contributed by atoms with E-state index in [1.807, 2.05) is 6.92 Å². The number of hydrogen-bond donors (Lipinski definition) is 1. The Kier molecular flexibility index (Phi) is 5.63. The molecular formula is C13H15Cl2NO3. The van der Waals surface area contributed by atoms with Gasteiger partial charge in [0.2, 0.25) is 5.91 Å². The molecular weight excluding hydrogens is 289 g/mol. The zero-order valence-corrected chi connectivity index (χ0v) is 12.2. The molecule has 1 aromatic rings. The average Bonchev–Trinajstić information content (AvgIpc) is 2.32. The molecule has 0 saturated heterocycles. The summed E-state index contributed by atoms with van der Waals surface area (Å²) in [7, 11) is 0. The molecule has 0 aromatic heterocycles. The number of carbonyl (C=O) groups excluding carboxylic acids is 1. The fraction of sp³-hybridized carbons (Fsp3) is 0.385. The van der Waals surface area contributed by atoms with Crippen molar-refractivity contribution in [3.63, 3.8) is 0 Å². The van der Waals surface area contributed by atoms with Crippen LogP contribution in [0.3, 0.4) is 0 Å². The van der Waals surface area contributed by atoms with E-state index in [0.717, 1.165) is 0 Å². The van der Waals surface area contributed by atoms with E-state index in [2.05, 4.69) is 0 Å². The highest BCUT2D eigenvalue weighted by molar-refractivity contribution is 6.42. The molecule has 1 N–H and O–H groups in total. The molecule has 0 aliphatic rings. The van der Waals surface area contributed by atoms with E-state index >= 15 is 0 Å². The zero-order chi connectivity index (χ0) is 14.6. The molecule has 0 fully saturated rings. The van der Waals surface area contributed by atoms with Gasteiger partial charge in [-0.15, -0.1) is 0 Å². The first kappa shape index (κ1) is 15.8. The topological polar surface area (TPSA) is 57.6 Å². The van der Waals surface area contributed by atoms with Crippen LogP contribution in [0.15, 0.2) is 18.2 Å². The van der Waals surface area contributed by atoms with Crippen molar-refractivity contribution in [1.29, 1.82) is 0 Å². The smallest absolute Gasteiger partial charge is 0.331 e. The third-order valence-corrected chi connectivity index (χ3v) is 3.41. The summed E-state index contributed by atoms with van der Waals surface area (Å²) in [4.78, 5) is 24.4. The lowest BCUT2D eigenvalue weighted by atomic mass is 10.0. The molecule has 19 heavy (non-hydrogen) atoms. The van der Waals surface area contributed by atoms with Crippen molar-refractivity contribution < 1.29 is 14.7 Å². The highest BCUT2D eigenvalue weighted by atomic mass is 35.5. The molecule has 1 amide bonds. The van der Waals surface area contributed by atoms with E-state index in [0.29, 0.717) is 23.6 Å². The fourth-order valence-electron chi connectivity index (χ4n) is 1.85. The van der Waals surface area contributed by atoms with Crippen LogP contribution in [0, 0.1) is 0 Å². The Hall–Kier alpha value is -1.26. The van der Waals surface area contributed by atoms with Crippen molar-refractivity contribution in [3.8, 4) is 0 Å². The molecule has 1 rings (SSSR count). The minimum atomic E-state index is -1.10. The van der Waals surface area contributed by atoms with Gasteiger partial charge in [-0.1, -0.05) is 36.2 Å². The zero-order valence-electron chi connectivity index (χ0n) is 10.7. The van der Waals surface area contributed by atoms with Crippen LogP contribution in [-0.4, -0.2) is 28.4 Å². The SMILES string of the molecule is CCCN(C(C)=O)C(C(=O)O)c1ccc(Cl)c(Cl)c1. The van der Waals surface area contributed by atoms with E-state index < -0.39 is 12.0 Å². The Morgan fingerprint density at radius 3 is 2.37 bits per heavy atom. The van der Waals surface area contributed by atoms with Gasteiger partial charge in [-0.05, 0) is 24.1 Å². The molecule has 1 aromatic carbocycles. The molecule has 0 radical (unpaired) electrons. The van der Waals surface area contributed by atoms with Gasteiger partial charge in [0.05, 0.1) is 10.0 Å². The van der Waals surface area contributed by atoms with Gasteiger partial charge in [-0.25, -0.2) is 4.79 Å². The highest BCUT2D eigenvalue weighted by Crippen LogP contribution is 2.29. The number of halogens is 2. The van der Waals surface area contributed by atoms with Crippen LogP contribution in [0.2, 0.25) is 10.0 Å². The van der Waals surface area contributed by atoms with Gasteiger partial charge in [0, 0.05) is 13.5 Å². The number of amides is 1. The summed E-state index contributed by atoms with van der Waals surface area (Å²) in [6.07, 6.45) is 0.671. The van der Waals surface area contributed by atoms with Gasteiger partial charge < -0.3 is 10.0 Å². The first-order valence-electron chi connectivity index (χ1n) is 5.83. The summed E-state index contributed by atoms with van der Waals surface area (Å²) in [5.74, 6) is -1.39. The van der Waals surface area contributed by atoms with E-state index in [1.165, 1.54) is 24.0 Å². The predicted octanol–water partition coefficient (Wildman–Crippen LogP) is 3.38. The van der Waals surface area contributed by atoms with Gasteiger partial charge in [0.1, 0.15) is 0 Å². The first-order valence-corrected chi connectivity index (χ1v) is 6.59. The van der Waals surface area contributed by atoms with Gasteiger partial charge in [-0.3, -0.25) is 4.79 Å². The molecule has 0 bridgehead atoms. The lowest BCUT2D eigenvalue weighted by Gasteiger charge is -2.28. The van der Waals surface area contributed by atoms with E-state index in [-0.39, 0.29) is 10.9 Å². The van der Waals surface area contributed by atoms with Gasteiger partial charge in [-0.2, -0.15) is 0 Å². The van der Waals surface area contributed by atoms with Crippen LogP contribution in [0.1, 0.15) is 31.9 Å². The standard InChI is InChI=1S/C13H15Cl2NO3/c1-3-6-16(8(2)17)12(13(18)19)9-4-5-10(14)11(15)7-9/h4-5,7,12H,3,6H2,1-2H3,(H,18,19). The summed E-state index contributed by atoms with van der Waals surface area (Å²) in [6, 6.07) is 3.53. The number of hydrogen-bond acceptors (Lipinski definition) is 2. The second kappa shape index (κ2) is 6.78. The van der Waals surface area contributed by atoms with E-state index in [4.69, 9.17) is 23.2 Å². The summed E-state index contributed by atoms with van der Waals surface area (Å²) in [6.45, 7) is 3.60. The van der Waals surface area contributed by atoms with Gasteiger partial charge in [0.15, 0.2) is 6.04 Å². The number of carboxylic acids is 1. The largest absolute Gasteiger partial charge is 0.479 e. The summed E-state index contributed by atoms with van der Waals surface area (Å²) in [5, 5.41) is 9.98. The van der Waals surface area contributed by atoms with Crippen LogP contribution in [-0.2, 0) is 9.59 Å². The maximum Gasteiger partial charge on any atom is 0.331 e. The Morgan fingerprint density at radius 2 is 1.95 bits per heavy atom. The minimum absolute atomic E-state index is 0.269. The van der Waals surface area contributed by atoms with Crippen LogP contribution >= 0.6 is 23.2 Å². The number of benzene rings is 1. The Morgan fingerprint density at radius 1 is 1.32 bits per heavy atom. The lowest BCUT2D eigenvalue weighted by molar-refractivity contribution is -0.149. The number of nitrogens with zero attached hydrogens (tertiary/aromatic N) is 1. The maximum atomic E-state index is 11.6. The Balaban J connectivity index is 3.21. The molecule has 0 aliphatic carbocycles. The normalized spacial score (nSPS) is 12.0. The molecule has 0 aliphatic heterocycles. The van der Waals surface area contributed by atoms with Crippen molar-refractivity contribution in [2.24, 2.45) is 0 Å². The second-order valence-electron chi connectivity index (χ2n) is 4.13. The summed E-state index contributed by atoms with van der Waals surface area (Å²) >= 11 is 11.7. The molecule has 0 saturated carbocycles. The lowest BCUT2D eigenvalue weighted by Crippen LogP contribution is -2.38. The van der Waals surface area contributed by atoms with E-state index in [1.54, 1.807) is 6.07 Å². The Labute approximate surface area is 121 Å². The van der Waals surface area contributed by atoms with Crippen LogP contribution < -0.4 is 0 Å². The molecule has 0 spiro atoms. The predicted molar refractivity (Wildman–Crippen MR) is 74.5 cm³/mol. The third kappa shape index (κ3) is 3.85. The molecule has 1 atom stereocenters. The van der Waals surface area contributed by atoms with Crippen molar-refractivity contribution in [2.75, 3.05) is 6.54 Å². The minimum Gasteiger partial charge on any atom is -0.479 e. The average molecular weight is 304 g/mol. The number of rotatable bonds is 5. The van der Waals surface area contributed by atoms with Gasteiger partial charge in [0.25, 0.3) is 0 Å². The van der Waals surface area contributed by atoms with Crippen molar-refractivity contribution in [1.82, 2.24) is 4.90 Å². The Bertz CT molecular complexity index is 491. The van der Waals surface area contributed by atoms with Crippen molar-refractivity contribution in [3.05, 3.63) is 33.8 Å². The van der Waals surface area contributed by atoms with Crippen LogP contribution in [0.4, 0.5) is 0 Å². The quantitative estimate of drug-likeness (QED) is 0.907. The second-order valence-corrected chi connectivity index (χ2v) is 4.94. The highest BCUT2D eigenvalue weighted by Gasteiger charge is 2.29. The molecule has 1 unspecified atom stereocenters. The summed E-state index contributed by atoms with van der Waals surface area (Å²) in [5.41, 5.74) is 0.436. The molecule has 6 heteroatoms. The van der Waals surface area contributed by atoms with Crippen molar-refractivity contribution >= 4 is 35.1 Å². The van der Waals surface area contributed by atoms with Crippen LogP contribution in [0.25, 0.3) is 0 Å².